The molecule has 3 heterocycles. The first-order chi connectivity index (χ1) is 8.66. The topological polar surface area (TPSA) is 79.0 Å². The number of imidazole rings is 1. The summed E-state index contributed by atoms with van der Waals surface area (Å²) in [5.74, 6) is 0.0390. The number of fused-ring (bicyclic) bond motifs is 3. The third kappa shape index (κ3) is 1.52. The molecule has 0 fully saturated rings. The lowest BCUT2D eigenvalue weighted by molar-refractivity contribution is -0.131. The number of esters is 1. The molecule has 0 amide bonds. The number of hydrogen-bond acceptors (Lipinski definition) is 5. The predicted molar refractivity (Wildman–Crippen MR) is 61.0 cm³/mol. The fourth-order valence-electron chi connectivity index (χ4n) is 2.01. The molecule has 1 aliphatic heterocycles. The second-order valence-corrected chi connectivity index (χ2v) is 3.95. The van der Waals surface area contributed by atoms with Crippen LogP contribution in [0.2, 0.25) is 0 Å². The van der Waals surface area contributed by atoms with Gasteiger partial charge in [0.2, 0.25) is 11.2 Å². The van der Waals surface area contributed by atoms with Gasteiger partial charge in [-0.3, -0.25) is 14.3 Å². The molecule has 0 spiro atoms. The molecule has 0 unspecified atom stereocenters. The van der Waals surface area contributed by atoms with Crippen molar-refractivity contribution < 1.29 is 9.53 Å². The van der Waals surface area contributed by atoms with Crippen molar-refractivity contribution in [2.45, 2.75) is 20.0 Å². The van der Waals surface area contributed by atoms with Crippen molar-refractivity contribution in [1.29, 1.82) is 0 Å². The van der Waals surface area contributed by atoms with Gasteiger partial charge in [0.15, 0.2) is 5.82 Å². The van der Waals surface area contributed by atoms with Crippen LogP contribution < -0.4 is 10.2 Å². The van der Waals surface area contributed by atoms with Crippen molar-refractivity contribution in [3.8, 4) is 17.3 Å². The average molecular weight is 246 g/mol. The van der Waals surface area contributed by atoms with E-state index in [1.165, 1.54) is 6.92 Å². The Bertz CT molecular complexity index is 686. The normalized spacial score (nSPS) is 12.7. The summed E-state index contributed by atoms with van der Waals surface area (Å²) in [5, 5.41) is 4.02. The first kappa shape index (κ1) is 10.7. The van der Waals surface area contributed by atoms with Crippen LogP contribution in [0.4, 0.5) is 0 Å². The lowest BCUT2D eigenvalue weighted by Gasteiger charge is -2.20. The number of carbonyl (C=O) groups excluding carboxylic acids is 1. The number of nitrogens with zero attached hydrogens (tertiary/aromatic N) is 4. The first-order valence-corrected chi connectivity index (χ1v) is 5.47. The van der Waals surface area contributed by atoms with E-state index in [4.69, 9.17) is 4.74 Å². The third-order valence-corrected chi connectivity index (χ3v) is 2.74. The predicted octanol–water partition coefficient (Wildman–Crippen LogP) is 0.0457. The molecule has 1 aliphatic rings. The van der Waals surface area contributed by atoms with Gasteiger partial charge in [-0.2, -0.15) is 5.10 Å². The van der Waals surface area contributed by atoms with Crippen LogP contribution in [0.5, 0.6) is 5.75 Å². The van der Waals surface area contributed by atoms with Crippen molar-refractivity contribution in [3.63, 3.8) is 0 Å². The molecule has 0 N–H and O–H groups in total. The van der Waals surface area contributed by atoms with Gasteiger partial charge in [-0.05, 0) is 0 Å². The van der Waals surface area contributed by atoms with E-state index < -0.39 is 11.4 Å². The average Bonchev–Trinajstić information content (AvgIpc) is 2.80. The quantitative estimate of drug-likeness (QED) is 0.664. The van der Waals surface area contributed by atoms with Crippen LogP contribution in [0.1, 0.15) is 6.92 Å². The fraction of sp³-hybridized carbons (Fsp3) is 0.273. The molecule has 0 saturated carbocycles. The van der Waals surface area contributed by atoms with Gasteiger partial charge in [-0.1, -0.05) is 0 Å². The molecule has 0 saturated heterocycles. The van der Waals surface area contributed by atoms with E-state index >= 15 is 0 Å². The van der Waals surface area contributed by atoms with Crippen molar-refractivity contribution in [3.05, 3.63) is 28.8 Å². The number of aryl methyl sites for hydroxylation is 2. The van der Waals surface area contributed by atoms with Crippen molar-refractivity contribution in [2.24, 2.45) is 0 Å². The van der Waals surface area contributed by atoms with Crippen LogP contribution in [0.3, 0.4) is 0 Å². The van der Waals surface area contributed by atoms with Gasteiger partial charge in [-0.15, -0.1) is 0 Å². The zero-order chi connectivity index (χ0) is 12.7. The standard InChI is InChI=1S/C11H10N4O3/c1-7(16)18-10-8(17)6-13-15-5-4-14-3-2-12-11(14)9(10)15/h2-3,6H,4-5H2,1H3. The number of rotatable bonds is 1. The summed E-state index contributed by atoms with van der Waals surface area (Å²) >= 11 is 0. The number of carbonyl (C=O) groups is 1. The van der Waals surface area contributed by atoms with Gasteiger partial charge in [0, 0.05) is 25.9 Å². The molecule has 3 rings (SSSR count). The Labute approximate surface area is 102 Å². The maximum atomic E-state index is 11.8. The highest BCUT2D eigenvalue weighted by Gasteiger charge is 2.24. The van der Waals surface area contributed by atoms with E-state index in [1.807, 2.05) is 10.8 Å². The number of ether oxygens (including phenoxy) is 1. The van der Waals surface area contributed by atoms with E-state index in [2.05, 4.69) is 10.1 Å². The Kier molecular flexibility index (Phi) is 2.26. The Balaban J connectivity index is 2.28. The van der Waals surface area contributed by atoms with Crippen LogP contribution in [-0.2, 0) is 17.9 Å². The largest absolute Gasteiger partial charge is 0.420 e. The smallest absolute Gasteiger partial charge is 0.308 e. The molecule has 2 aromatic rings. The van der Waals surface area contributed by atoms with E-state index in [-0.39, 0.29) is 5.75 Å². The molecule has 0 aromatic carbocycles. The molecule has 0 atom stereocenters. The van der Waals surface area contributed by atoms with Crippen molar-refractivity contribution in [2.75, 3.05) is 0 Å². The van der Waals surface area contributed by atoms with Gasteiger partial charge < -0.3 is 9.30 Å². The molecule has 2 aromatic heterocycles. The molecular weight excluding hydrogens is 236 g/mol. The van der Waals surface area contributed by atoms with Crippen LogP contribution in [-0.4, -0.2) is 25.3 Å². The Morgan fingerprint density at radius 1 is 1.44 bits per heavy atom. The zero-order valence-electron chi connectivity index (χ0n) is 9.66. The highest BCUT2D eigenvalue weighted by Crippen LogP contribution is 2.28. The Morgan fingerprint density at radius 3 is 3.06 bits per heavy atom. The summed E-state index contributed by atoms with van der Waals surface area (Å²) < 4.78 is 8.52. The zero-order valence-corrected chi connectivity index (χ0v) is 9.66. The van der Waals surface area contributed by atoms with E-state index in [9.17, 15) is 9.59 Å². The minimum Gasteiger partial charge on any atom is -0.420 e. The van der Waals surface area contributed by atoms with Crippen LogP contribution in [0.15, 0.2) is 23.4 Å². The third-order valence-electron chi connectivity index (χ3n) is 2.74. The number of aromatic nitrogens is 4. The maximum absolute atomic E-state index is 11.8. The molecule has 92 valence electrons. The van der Waals surface area contributed by atoms with Crippen LogP contribution in [0.25, 0.3) is 11.5 Å². The molecule has 0 bridgehead atoms. The van der Waals surface area contributed by atoms with Crippen LogP contribution in [0, 0.1) is 0 Å². The molecule has 18 heavy (non-hydrogen) atoms. The molecule has 7 nitrogen and oxygen atoms in total. The second-order valence-electron chi connectivity index (χ2n) is 3.95. The second kappa shape index (κ2) is 3.80. The Hall–Kier alpha value is -2.44. The lowest BCUT2D eigenvalue weighted by Crippen LogP contribution is -2.25. The van der Waals surface area contributed by atoms with Gasteiger partial charge in [-0.25, -0.2) is 4.98 Å². The highest BCUT2D eigenvalue weighted by atomic mass is 16.5. The summed E-state index contributed by atoms with van der Waals surface area (Å²) in [4.78, 5) is 27.0. The van der Waals surface area contributed by atoms with Crippen LogP contribution >= 0.6 is 0 Å². The summed E-state index contributed by atoms with van der Waals surface area (Å²) in [5.41, 5.74) is 0.0295. The number of hydrogen-bond donors (Lipinski definition) is 0. The summed E-state index contributed by atoms with van der Waals surface area (Å²) in [6.07, 6.45) is 4.61. The van der Waals surface area contributed by atoms with Gasteiger partial charge >= 0.3 is 5.97 Å². The lowest BCUT2D eigenvalue weighted by atomic mass is 10.2. The molecule has 0 aliphatic carbocycles. The van der Waals surface area contributed by atoms with E-state index in [0.717, 1.165) is 12.7 Å². The molecular formula is C11H10N4O3. The monoisotopic (exact) mass is 246 g/mol. The molecule has 0 radical (unpaired) electrons. The van der Waals surface area contributed by atoms with Gasteiger partial charge in [0.05, 0.1) is 12.7 Å². The van der Waals surface area contributed by atoms with Gasteiger partial charge in [0.25, 0.3) is 0 Å². The summed E-state index contributed by atoms with van der Waals surface area (Å²) in [6, 6.07) is 0. The molecule has 7 heteroatoms. The minimum absolute atomic E-state index is 0.00958. The highest BCUT2D eigenvalue weighted by molar-refractivity contribution is 5.73. The van der Waals surface area contributed by atoms with Crippen molar-refractivity contribution in [1.82, 2.24) is 19.3 Å². The Morgan fingerprint density at radius 2 is 2.28 bits per heavy atom. The summed E-state index contributed by atoms with van der Waals surface area (Å²) in [7, 11) is 0. The van der Waals surface area contributed by atoms with E-state index in [1.54, 1.807) is 10.9 Å². The minimum atomic E-state index is -0.537. The fourth-order valence-corrected chi connectivity index (χ4v) is 2.01. The first-order valence-electron chi connectivity index (χ1n) is 5.47. The van der Waals surface area contributed by atoms with Gasteiger partial charge in [0.1, 0.15) is 5.69 Å². The maximum Gasteiger partial charge on any atom is 0.308 e. The van der Waals surface area contributed by atoms with E-state index in [0.29, 0.717) is 18.1 Å². The SMILES string of the molecule is CC(=O)Oc1c2n(ncc1=O)CCn1ccnc1-2. The summed E-state index contributed by atoms with van der Waals surface area (Å²) in [6.45, 7) is 2.58. The van der Waals surface area contributed by atoms with Crippen molar-refractivity contribution >= 4 is 5.97 Å².